The van der Waals surface area contributed by atoms with Crippen molar-refractivity contribution in [3.63, 3.8) is 0 Å². The van der Waals surface area contributed by atoms with Crippen LogP contribution < -0.4 is 10.1 Å². The number of benzene rings is 2. The summed E-state index contributed by atoms with van der Waals surface area (Å²) >= 11 is 11.7. The molecule has 0 aliphatic carbocycles. The molecule has 0 spiro atoms. The molecule has 1 atom stereocenters. The van der Waals surface area contributed by atoms with Crippen molar-refractivity contribution < 1.29 is 19.2 Å². The Morgan fingerprint density at radius 2 is 1.88 bits per heavy atom. The first kappa shape index (κ1) is 18.7. The number of anilines is 1. The number of nitro groups is 1. The number of halogens is 2. The van der Waals surface area contributed by atoms with Crippen molar-refractivity contribution in [2.75, 3.05) is 5.32 Å². The molecule has 0 aromatic heterocycles. The predicted octanol–water partition coefficient (Wildman–Crippen LogP) is 4.12. The maximum Gasteiger partial charge on any atom is 0.270 e. The molecule has 0 bridgehead atoms. The molecule has 0 saturated carbocycles. The number of aldehydes is 1. The van der Waals surface area contributed by atoms with Crippen LogP contribution in [0.15, 0.2) is 36.4 Å². The van der Waals surface area contributed by atoms with E-state index < -0.39 is 16.9 Å². The van der Waals surface area contributed by atoms with Crippen LogP contribution in [0.4, 0.5) is 11.4 Å². The molecular weight excluding hydrogens is 371 g/mol. The highest BCUT2D eigenvalue weighted by molar-refractivity contribution is 6.35. The summed E-state index contributed by atoms with van der Waals surface area (Å²) in [5.74, 6) is -0.444. The van der Waals surface area contributed by atoms with E-state index in [-0.39, 0.29) is 17.0 Å². The van der Waals surface area contributed by atoms with Crippen molar-refractivity contribution in [1.82, 2.24) is 0 Å². The zero-order valence-electron chi connectivity index (χ0n) is 12.9. The Balaban J connectivity index is 2.13. The summed E-state index contributed by atoms with van der Waals surface area (Å²) in [5.41, 5.74) is 0.108. The van der Waals surface area contributed by atoms with Gasteiger partial charge in [0.1, 0.15) is 5.75 Å². The SMILES string of the molecule is C[C@@H](Oc1ccc([N+](=O)[O-])cc1C=O)C(=O)Nc1cc(Cl)cc(Cl)c1. The molecule has 25 heavy (non-hydrogen) atoms. The van der Waals surface area contributed by atoms with E-state index in [9.17, 15) is 19.7 Å². The lowest BCUT2D eigenvalue weighted by Gasteiger charge is -2.16. The Morgan fingerprint density at radius 1 is 1.24 bits per heavy atom. The van der Waals surface area contributed by atoms with Crippen LogP contribution in [0.5, 0.6) is 5.75 Å². The number of ether oxygens (including phenoxy) is 1. The quantitative estimate of drug-likeness (QED) is 0.460. The third-order valence-corrected chi connectivity index (χ3v) is 3.57. The van der Waals surface area contributed by atoms with Crippen molar-refractivity contribution in [3.8, 4) is 5.75 Å². The second kappa shape index (κ2) is 7.96. The van der Waals surface area contributed by atoms with E-state index in [1.54, 1.807) is 0 Å². The fraction of sp³-hybridized carbons (Fsp3) is 0.125. The summed E-state index contributed by atoms with van der Waals surface area (Å²) in [6.45, 7) is 1.47. The highest BCUT2D eigenvalue weighted by Crippen LogP contribution is 2.25. The Kier molecular flexibility index (Phi) is 5.95. The van der Waals surface area contributed by atoms with E-state index in [2.05, 4.69) is 5.32 Å². The minimum atomic E-state index is -0.974. The van der Waals surface area contributed by atoms with Crippen LogP contribution >= 0.6 is 23.2 Å². The summed E-state index contributed by atoms with van der Waals surface area (Å²) in [6, 6.07) is 8.07. The van der Waals surface area contributed by atoms with Crippen molar-refractivity contribution in [1.29, 1.82) is 0 Å². The summed E-state index contributed by atoms with van der Waals surface area (Å²) in [4.78, 5) is 33.4. The molecule has 9 heteroatoms. The lowest BCUT2D eigenvalue weighted by molar-refractivity contribution is -0.384. The highest BCUT2D eigenvalue weighted by Gasteiger charge is 2.18. The van der Waals surface area contributed by atoms with Crippen LogP contribution in [0.1, 0.15) is 17.3 Å². The number of carbonyl (C=O) groups excluding carboxylic acids is 2. The molecule has 2 aromatic rings. The number of nitrogens with zero attached hydrogens (tertiary/aromatic N) is 1. The average molecular weight is 383 g/mol. The lowest BCUT2D eigenvalue weighted by atomic mass is 10.2. The van der Waals surface area contributed by atoms with Gasteiger partial charge >= 0.3 is 0 Å². The largest absolute Gasteiger partial charge is 0.480 e. The zero-order chi connectivity index (χ0) is 18.6. The summed E-state index contributed by atoms with van der Waals surface area (Å²) < 4.78 is 5.43. The van der Waals surface area contributed by atoms with Gasteiger partial charge in [-0.1, -0.05) is 23.2 Å². The average Bonchev–Trinajstić information content (AvgIpc) is 2.53. The fourth-order valence-corrected chi connectivity index (χ4v) is 2.49. The lowest BCUT2D eigenvalue weighted by Crippen LogP contribution is -2.30. The van der Waals surface area contributed by atoms with Crippen LogP contribution in [0.2, 0.25) is 10.0 Å². The van der Waals surface area contributed by atoms with Gasteiger partial charge in [-0.15, -0.1) is 0 Å². The second-order valence-electron chi connectivity index (χ2n) is 5.00. The van der Waals surface area contributed by atoms with Crippen molar-refractivity contribution in [2.24, 2.45) is 0 Å². The topological polar surface area (TPSA) is 98.5 Å². The maximum atomic E-state index is 12.2. The van der Waals surface area contributed by atoms with Crippen molar-refractivity contribution in [2.45, 2.75) is 13.0 Å². The van der Waals surface area contributed by atoms with Gasteiger partial charge in [0.15, 0.2) is 12.4 Å². The normalized spacial score (nSPS) is 11.5. The molecular formula is C16H12Cl2N2O5. The monoisotopic (exact) mass is 382 g/mol. The molecule has 2 rings (SSSR count). The number of non-ortho nitro benzene ring substituents is 1. The Morgan fingerprint density at radius 3 is 2.44 bits per heavy atom. The Bertz CT molecular complexity index is 821. The third kappa shape index (κ3) is 4.91. The number of carbonyl (C=O) groups is 2. The molecule has 130 valence electrons. The fourth-order valence-electron chi connectivity index (χ4n) is 1.96. The van der Waals surface area contributed by atoms with Crippen LogP contribution in [0, 0.1) is 10.1 Å². The zero-order valence-corrected chi connectivity index (χ0v) is 14.4. The van der Waals surface area contributed by atoms with Gasteiger partial charge in [-0.05, 0) is 31.2 Å². The molecule has 0 saturated heterocycles. The van der Waals surface area contributed by atoms with E-state index in [1.165, 1.54) is 37.3 Å². The van der Waals surface area contributed by atoms with E-state index in [4.69, 9.17) is 27.9 Å². The van der Waals surface area contributed by atoms with Gasteiger partial charge in [-0.25, -0.2) is 0 Å². The predicted molar refractivity (Wildman–Crippen MR) is 93.7 cm³/mol. The minimum absolute atomic E-state index is 0.0281. The molecule has 2 aromatic carbocycles. The van der Waals surface area contributed by atoms with Crippen molar-refractivity contribution >= 4 is 46.8 Å². The molecule has 0 radical (unpaired) electrons. The smallest absolute Gasteiger partial charge is 0.270 e. The summed E-state index contributed by atoms with van der Waals surface area (Å²) in [6.07, 6.45) is -0.554. The Hall–Kier alpha value is -2.64. The highest BCUT2D eigenvalue weighted by atomic mass is 35.5. The number of rotatable bonds is 6. The number of nitro benzene ring substituents is 1. The first-order valence-electron chi connectivity index (χ1n) is 6.97. The first-order valence-corrected chi connectivity index (χ1v) is 7.73. The molecule has 7 nitrogen and oxygen atoms in total. The minimum Gasteiger partial charge on any atom is -0.480 e. The van der Waals surface area contributed by atoms with Gasteiger partial charge in [-0.2, -0.15) is 0 Å². The molecule has 0 fully saturated rings. The molecule has 0 heterocycles. The third-order valence-electron chi connectivity index (χ3n) is 3.13. The number of amides is 1. The number of hydrogen-bond acceptors (Lipinski definition) is 5. The van der Waals surface area contributed by atoms with Crippen LogP contribution in [-0.4, -0.2) is 23.2 Å². The Labute approximate surface area is 152 Å². The van der Waals surface area contributed by atoms with Crippen molar-refractivity contribution in [3.05, 3.63) is 62.1 Å². The first-order chi connectivity index (χ1) is 11.8. The van der Waals surface area contributed by atoms with Gasteiger partial charge < -0.3 is 10.1 Å². The summed E-state index contributed by atoms with van der Waals surface area (Å²) in [5, 5.41) is 14.0. The standard InChI is InChI=1S/C16H12Cl2N2O5/c1-9(16(22)19-13-6-11(17)5-12(18)7-13)25-15-3-2-14(20(23)24)4-10(15)8-21/h2-9H,1H3,(H,19,22)/t9-/m1/s1. The van der Waals surface area contributed by atoms with Gasteiger partial charge in [-0.3, -0.25) is 19.7 Å². The number of nitrogens with one attached hydrogen (secondary N) is 1. The molecule has 0 aliphatic heterocycles. The molecule has 1 N–H and O–H groups in total. The van der Waals surface area contributed by atoms with E-state index in [0.717, 1.165) is 6.07 Å². The van der Waals surface area contributed by atoms with Gasteiger partial charge in [0.25, 0.3) is 11.6 Å². The second-order valence-corrected chi connectivity index (χ2v) is 5.88. The molecule has 0 aliphatic rings. The molecule has 0 unspecified atom stereocenters. The van der Waals surface area contributed by atoms with Crippen LogP contribution in [0.25, 0.3) is 0 Å². The summed E-state index contributed by atoms with van der Waals surface area (Å²) in [7, 11) is 0. The van der Waals surface area contributed by atoms with Crippen LogP contribution in [0.3, 0.4) is 0 Å². The van der Waals surface area contributed by atoms with Gasteiger partial charge in [0.05, 0.1) is 10.5 Å². The van der Waals surface area contributed by atoms with Gasteiger partial charge in [0.2, 0.25) is 0 Å². The van der Waals surface area contributed by atoms with E-state index >= 15 is 0 Å². The maximum absolute atomic E-state index is 12.2. The van der Waals surface area contributed by atoms with E-state index in [1.807, 2.05) is 0 Å². The molecule has 1 amide bonds. The van der Waals surface area contributed by atoms with E-state index in [0.29, 0.717) is 22.0 Å². The van der Waals surface area contributed by atoms with Gasteiger partial charge in [0, 0.05) is 27.9 Å². The van der Waals surface area contributed by atoms with Crippen LogP contribution in [-0.2, 0) is 4.79 Å². The number of hydrogen-bond donors (Lipinski definition) is 1.